The van der Waals surface area contributed by atoms with Crippen molar-refractivity contribution in [1.82, 2.24) is 0 Å². The van der Waals surface area contributed by atoms with Crippen LogP contribution in [0.25, 0.3) is 0 Å². The Labute approximate surface area is 226 Å². The molecule has 1 fully saturated rings. The van der Waals surface area contributed by atoms with Crippen molar-refractivity contribution in [3.8, 4) is 0 Å². The molecule has 6 N–H and O–H groups in total. The smallest absolute Gasteiger partial charge is 0.338 e. The Balaban J connectivity index is 3.49. The summed E-state index contributed by atoms with van der Waals surface area (Å²) in [5, 5.41) is 64.1. The quantitative estimate of drug-likeness (QED) is 0.190. The van der Waals surface area contributed by atoms with Crippen molar-refractivity contribution in [2.24, 2.45) is 11.3 Å². The average Bonchev–Trinajstić information content (AvgIpc) is 2.89. The molecule has 0 radical (unpaired) electrons. The zero-order valence-electron chi connectivity index (χ0n) is 23.8. The number of cyclic esters (lactones) is 1. The highest BCUT2D eigenvalue weighted by Crippen LogP contribution is 2.34. The number of hydrogen-bond donors (Lipinski definition) is 6. The summed E-state index contributed by atoms with van der Waals surface area (Å²) in [6.45, 7) is 6.79. The predicted molar refractivity (Wildman–Crippen MR) is 139 cm³/mol. The zero-order chi connectivity index (χ0) is 29.2. The van der Waals surface area contributed by atoms with Gasteiger partial charge in [0.15, 0.2) is 6.10 Å². The Morgan fingerprint density at radius 2 is 1.58 bits per heavy atom. The van der Waals surface area contributed by atoms with Crippen LogP contribution in [-0.4, -0.2) is 119 Å². The molecule has 1 aliphatic rings. The fourth-order valence-electron chi connectivity index (χ4n) is 4.75. The van der Waals surface area contributed by atoms with Crippen molar-refractivity contribution in [3.05, 3.63) is 11.6 Å². The third-order valence-electron chi connectivity index (χ3n) is 7.85. The van der Waals surface area contributed by atoms with E-state index in [-0.39, 0.29) is 38.2 Å². The summed E-state index contributed by atoms with van der Waals surface area (Å²) in [7, 11) is 4.07. The molecule has 0 aromatic rings. The Kier molecular flexibility index (Phi) is 14.9. The second kappa shape index (κ2) is 16.2. The van der Waals surface area contributed by atoms with Gasteiger partial charge < -0.3 is 49.6 Å². The van der Waals surface area contributed by atoms with Crippen LogP contribution in [0.3, 0.4) is 0 Å². The molecule has 11 nitrogen and oxygen atoms in total. The summed E-state index contributed by atoms with van der Waals surface area (Å²) in [5.74, 6) is -1.13. The van der Waals surface area contributed by atoms with Gasteiger partial charge in [-0.05, 0) is 18.9 Å². The van der Waals surface area contributed by atoms with E-state index >= 15 is 0 Å². The third-order valence-corrected chi connectivity index (χ3v) is 7.85. The first-order valence-corrected chi connectivity index (χ1v) is 13.2. The van der Waals surface area contributed by atoms with Crippen LogP contribution in [0, 0.1) is 11.3 Å². The van der Waals surface area contributed by atoms with E-state index < -0.39 is 66.3 Å². The molecular weight excluding hydrogens is 500 g/mol. The number of ether oxygens (including phenoxy) is 4. The molecule has 1 heterocycles. The van der Waals surface area contributed by atoms with E-state index in [1.807, 2.05) is 6.92 Å². The van der Waals surface area contributed by atoms with E-state index in [1.165, 1.54) is 21.3 Å². The van der Waals surface area contributed by atoms with Crippen molar-refractivity contribution in [2.75, 3.05) is 27.9 Å². The fraction of sp³-hybridized carbons (Fsp3) is 0.889. The molecule has 0 saturated carbocycles. The van der Waals surface area contributed by atoms with Gasteiger partial charge in [-0.25, -0.2) is 4.79 Å². The molecule has 11 heteroatoms. The van der Waals surface area contributed by atoms with Gasteiger partial charge in [0, 0.05) is 65.0 Å². The van der Waals surface area contributed by atoms with Crippen molar-refractivity contribution in [1.29, 1.82) is 0 Å². The average molecular weight is 551 g/mol. The van der Waals surface area contributed by atoms with E-state index in [1.54, 1.807) is 26.8 Å². The maximum Gasteiger partial charge on any atom is 0.338 e. The first kappa shape index (κ1) is 34.9. The molecule has 0 aromatic heterocycles. The lowest BCUT2D eigenvalue weighted by molar-refractivity contribution is -0.171. The molecule has 1 saturated heterocycles. The van der Waals surface area contributed by atoms with Crippen LogP contribution in [0.2, 0.25) is 0 Å². The third kappa shape index (κ3) is 9.50. The summed E-state index contributed by atoms with van der Waals surface area (Å²) >= 11 is 0. The van der Waals surface area contributed by atoms with Crippen LogP contribution < -0.4 is 0 Å². The lowest BCUT2D eigenvalue weighted by Crippen LogP contribution is -2.53. The Morgan fingerprint density at radius 3 is 2.08 bits per heavy atom. The highest BCUT2D eigenvalue weighted by molar-refractivity contribution is 5.75. The lowest BCUT2D eigenvalue weighted by Gasteiger charge is -2.41. The van der Waals surface area contributed by atoms with E-state index in [2.05, 4.69) is 0 Å². The summed E-state index contributed by atoms with van der Waals surface area (Å²) in [6.07, 6.45) is -8.21. The Hall–Kier alpha value is -1.15. The summed E-state index contributed by atoms with van der Waals surface area (Å²) < 4.78 is 21.9. The first-order chi connectivity index (χ1) is 17.8. The number of hydrogen-bond acceptors (Lipinski definition) is 11. The lowest BCUT2D eigenvalue weighted by atomic mass is 9.74. The minimum Gasteiger partial charge on any atom is -0.456 e. The Morgan fingerprint density at radius 1 is 1.00 bits per heavy atom. The van der Waals surface area contributed by atoms with Crippen LogP contribution >= 0.6 is 0 Å². The summed E-state index contributed by atoms with van der Waals surface area (Å²) in [6, 6.07) is 0. The van der Waals surface area contributed by atoms with Gasteiger partial charge in [-0.15, -0.1) is 0 Å². The molecule has 224 valence electrons. The zero-order valence-corrected chi connectivity index (χ0v) is 23.8. The van der Waals surface area contributed by atoms with Gasteiger partial charge in [-0.3, -0.25) is 0 Å². The molecular formula is C27H50O11. The van der Waals surface area contributed by atoms with Gasteiger partial charge in [-0.1, -0.05) is 26.8 Å². The van der Waals surface area contributed by atoms with E-state index in [4.69, 9.17) is 18.9 Å². The topological polar surface area (TPSA) is 175 Å². The molecule has 0 amide bonds. The van der Waals surface area contributed by atoms with Gasteiger partial charge >= 0.3 is 5.97 Å². The van der Waals surface area contributed by atoms with Crippen molar-refractivity contribution < 1.29 is 54.4 Å². The SMILES string of the molecule is CCC(/C=C(/C)C1C[C@H](OC)C[C@@H](O)C(C)(C)C(O)C(O)C(OC)C[C@H](O)C[C@H](OC)[C@@H](O)C(=O)O1)CO. The van der Waals surface area contributed by atoms with Crippen LogP contribution in [-0.2, 0) is 23.7 Å². The highest BCUT2D eigenvalue weighted by atomic mass is 16.6. The molecule has 38 heavy (non-hydrogen) atoms. The van der Waals surface area contributed by atoms with E-state index in [0.29, 0.717) is 12.0 Å². The maximum atomic E-state index is 13.0. The predicted octanol–water partition coefficient (Wildman–Crippen LogP) is 0.313. The maximum absolute atomic E-state index is 13.0. The van der Waals surface area contributed by atoms with Crippen molar-refractivity contribution >= 4 is 5.97 Å². The van der Waals surface area contributed by atoms with Crippen LogP contribution in [0.1, 0.15) is 59.8 Å². The Bertz CT molecular complexity index is 724. The van der Waals surface area contributed by atoms with Crippen molar-refractivity contribution in [3.63, 3.8) is 0 Å². The summed E-state index contributed by atoms with van der Waals surface area (Å²) in [5.41, 5.74) is -0.572. The second-order valence-electron chi connectivity index (χ2n) is 10.9. The number of carbonyl (C=O) groups is 1. The molecule has 0 aromatic carbocycles. The molecule has 1 aliphatic heterocycles. The normalized spacial score (nSPS) is 37.4. The number of esters is 1. The van der Waals surface area contributed by atoms with Crippen LogP contribution in [0.4, 0.5) is 0 Å². The van der Waals surface area contributed by atoms with Crippen LogP contribution in [0.15, 0.2) is 11.6 Å². The molecule has 0 spiro atoms. The number of carbonyl (C=O) groups excluding carboxylic acids is 1. The van der Waals surface area contributed by atoms with Gasteiger partial charge in [0.1, 0.15) is 12.2 Å². The highest BCUT2D eigenvalue weighted by Gasteiger charge is 2.44. The van der Waals surface area contributed by atoms with Crippen LogP contribution in [0.5, 0.6) is 0 Å². The molecule has 5 unspecified atom stereocenters. The van der Waals surface area contributed by atoms with Gasteiger partial charge in [-0.2, -0.15) is 0 Å². The first-order valence-electron chi connectivity index (χ1n) is 13.2. The minimum absolute atomic E-state index is 0.0370. The fourth-order valence-corrected chi connectivity index (χ4v) is 4.75. The van der Waals surface area contributed by atoms with E-state index in [9.17, 15) is 35.4 Å². The standard InChI is InChI=1S/C27H50O11/c1-8-16(14-28)9-15(2)19-12-18(35-5)13-22(30)27(3,4)25(33)23(31)20(36-6)10-17(29)11-21(37-7)24(32)26(34)38-19/h9,16-25,28-33H,8,10-14H2,1-7H3/b15-9-/t16?,17-,18-,19?,20?,21-,22+,23?,24+,25?/m0/s1. The molecule has 1 rings (SSSR count). The number of rotatable bonds is 7. The van der Waals surface area contributed by atoms with E-state index in [0.717, 1.165) is 0 Å². The summed E-state index contributed by atoms with van der Waals surface area (Å²) in [4.78, 5) is 13.0. The minimum atomic E-state index is -1.72. The largest absolute Gasteiger partial charge is 0.456 e. The van der Waals surface area contributed by atoms with Gasteiger partial charge in [0.2, 0.25) is 0 Å². The molecule has 10 atom stereocenters. The second-order valence-corrected chi connectivity index (χ2v) is 10.9. The van der Waals surface area contributed by atoms with Crippen molar-refractivity contribution in [2.45, 2.75) is 115 Å². The van der Waals surface area contributed by atoms with Gasteiger partial charge in [0.25, 0.3) is 0 Å². The number of methoxy groups -OCH3 is 3. The number of aliphatic hydroxyl groups is 6. The molecule has 0 bridgehead atoms. The molecule has 0 aliphatic carbocycles. The monoisotopic (exact) mass is 550 g/mol. The van der Waals surface area contributed by atoms with Gasteiger partial charge in [0.05, 0.1) is 36.6 Å². The number of aliphatic hydroxyl groups excluding tert-OH is 6.